The first-order valence-corrected chi connectivity index (χ1v) is 10.6. The highest BCUT2D eigenvalue weighted by molar-refractivity contribution is 7.99. The number of carbonyl (C=O) groups excluding carboxylic acids is 2. The number of aryl methyl sites for hydroxylation is 2. The van der Waals surface area contributed by atoms with E-state index in [1.807, 2.05) is 64.2 Å². The van der Waals surface area contributed by atoms with Crippen molar-refractivity contribution in [3.63, 3.8) is 0 Å². The zero-order valence-electron chi connectivity index (χ0n) is 17.5. The quantitative estimate of drug-likeness (QED) is 0.566. The number of amides is 2. The first-order valence-electron chi connectivity index (χ1n) is 9.60. The molecule has 0 bridgehead atoms. The van der Waals surface area contributed by atoms with Crippen LogP contribution < -0.4 is 10.6 Å². The lowest BCUT2D eigenvalue weighted by atomic mass is 10.1. The van der Waals surface area contributed by atoms with E-state index in [1.54, 1.807) is 16.7 Å². The number of benzene rings is 2. The van der Waals surface area contributed by atoms with Gasteiger partial charge in [-0.25, -0.2) is 0 Å². The molecule has 1 atom stereocenters. The Bertz CT molecular complexity index is 1050. The fraction of sp³-hybridized carbons (Fsp3) is 0.273. The van der Waals surface area contributed by atoms with Crippen LogP contribution >= 0.6 is 11.8 Å². The molecule has 2 amide bonds. The van der Waals surface area contributed by atoms with Gasteiger partial charge < -0.3 is 15.2 Å². The van der Waals surface area contributed by atoms with Crippen molar-refractivity contribution in [3.8, 4) is 0 Å². The molecule has 1 heterocycles. The van der Waals surface area contributed by atoms with E-state index in [0.717, 1.165) is 11.3 Å². The number of anilines is 1. The van der Waals surface area contributed by atoms with Gasteiger partial charge in [-0.2, -0.15) is 0 Å². The fourth-order valence-corrected chi connectivity index (χ4v) is 3.63. The molecular formula is C22H25N5O2S. The first kappa shape index (κ1) is 21.6. The van der Waals surface area contributed by atoms with E-state index >= 15 is 0 Å². The molecule has 3 aromatic rings. The van der Waals surface area contributed by atoms with Crippen molar-refractivity contribution in [2.45, 2.75) is 32.0 Å². The number of thioether (sulfide) groups is 1. The Kier molecular flexibility index (Phi) is 6.89. The predicted molar refractivity (Wildman–Crippen MR) is 119 cm³/mol. The van der Waals surface area contributed by atoms with Gasteiger partial charge in [-0.05, 0) is 56.2 Å². The molecule has 0 aliphatic carbocycles. The van der Waals surface area contributed by atoms with E-state index in [1.165, 1.54) is 17.3 Å². The molecule has 2 N–H and O–H groups in total. The summed E-state index contributed by atoms with van der Waals surface area (Å²) >= 11 is 1.30. The largest absolute Gasteiger partial charge is 0.342 e. The molecule has 1 aromatic heterocycles. The lowest BCUT2D eigenvalue weighted by Gasteiger charge is -2.13. The minimum Gasteiger partial charge on any atom is -0.342 e. The van der Waals surface area contributed by atoms with Crippen molar-refractivity contribution in [1.29, 1.82) is 0 Å². The molecule has 156 valence electrons. The van der Waals surface area contributed by atoms with Crippen LogP contribution in [0.2, 0.25) is 0 Å². The van der Waals surface area contributed by atoms with E-state index in [-0.39, 0.29) is 23.6 Å². The summed E-state index contributed by atoms with van der Waals surface area (Å²) in [5.74, 6) is 0.548. The number of nitrogens with zero attached hydrogens (tertiary/aromatic N) is 3. The van der Waals surface area contributed by atoms with Crippen molar-refractivity contribution in [1.82, 2.24) is 20.1 Å². The fourth-order valence-electron chi connectivity index (χ4n) is 2.91. The Hall–Kier alpha value is -3.13. The van der Waals surface area contributed by atoms with Gasteiger partial charge in [0.15, 0.2) is 11.0 Å². The molecule has 0 unspecified atom stereocenters. The standard InChI is InChI=1S/C22H25N5O2S/c1-14-10-11-18(12-15(14)2)24-19(28)13-30-22-26-25-20(27(22)4)16(3)23-21(29)17-8-6-5-7-9-17/h5-12,16H,13H2,1-4H3,(H,23,29)(H,24,28)/t16-/m0/s1. The van der Waals surface area contributed by atoms with Crippen LogP contribution in [-0.4, -0.2) is 32.3 Å². The zero-order valence-corrected chi connectivity index (χ0v) is 18.3. The Morgan fingerprint density at radius 3 is 2.50 bits per heavy atom. The molecule has 0 aliphatic heterocycles. The van der Waals surface area contributed by atoms with Gasteiger partial charge in [0.05, 0.1) is 11.8 Å². The highest BCUT2D eigenvalue weighted by Crippen LogP contribution is 2.20. The lowest BCUT2D eigenvalue weighted by Crippen LogP contribution is -2.28. The topological polar surface area (TPSA) is 88.9 Å². The third-order valence-corrected chi connectivity index (χ3v) is 5.78. The van der Waals surface area contributed by atoms with E-state index in [0.29, 0.717) is 16.5 Å². The van der Waals surface area contributed by atoms with Crippen LogP contribution in [0.3, 0.4) is 0 Å². The molecule has 7 nitrogen and oxygen atoms in total. The van der Waals surface area contributed by atoms with Crippen LogP contribution in [0.4, 0.5) is 5.69 Å². The van der Waals surface area contributed by atoms with Gasteiger partial charge in [0, 0.05) is 18.3 Å². The zero-order chi connectivity index (χ0) is 21.7. The smallest absolute Gasteiger partial charge is 0.251 e. The minimum absolute atomic E-state index is 0.113. The van der Waals surface area contributed by atoms with Crippen LogP contribution in [0.5, 0.6) is 0 Å². The third-order valence-electron chi connectivity index (χ3n) is 4.76. The number of nitrogens with one attached hydrogen (secondary N) is 2. The van der Waals surface area contributed by atoms with Gasteiger partial charge in [0.25, 0.3) is 5.91 Å². The molecule has 0 radical (unpaired) electrons. The number of hydrogen-bond acceptors (Lipinski definition) is 5. The maximum Gasteiger partial charge on any atom is 0.251 e. The third kappa shape index (κ3) is 5.27. The van der Waals surface area contributed by atoms with Crippen LogP contribution in [0.15, 0.2) is 53.7 Å². The molecule has 0 fully saturated rings. The van der Waals surface area contributed by atoms with E-state index in [4.69, 9.17) is 0 Å². The maximum absolute atomic E-state index is 12.4. The molecule has 0 saturated carbocycles. The van der Waals surface area contributed by atoms with Gasteiger partial charge in [0.2, 0.25) is 5.91 Å². The second-order valence-electron chi connectivity index (χ2n) is 7.10. The average Bonchev–Trinajstić information content (AvgIpc) is 3.10. The van der Waals surface area contributed by atoms with Crippen molar-refractivity contribution in [3.05, 3.63) is 71.0 Å². The van der Waals surface area contributed by atoms with Gasteiger partial charge in [-0.15, -0.1) is 10.2 Å². The van der Waals surface area contributed by atoms with Crippen molar-refractivity contribution >= 4 is 29.3 Å². The van der Waals surface area contributed by atoms with Gasteiger partial charge in [0.1, 0.15) is 0 Å². The maximum atomic E-state index is 12.4. The first-order chi connectivity index (χ1) is 14.3. The monoisotopic (exact) mass is 423 g/mol. The number of carbonyl (C=O) groups is 2. The Labute approximate surface area is 180 Å². The van der Waals surface area contributed by atoms with Crippen LogP contribution in [0.25, 0.3) is 0 Å². The molecule has 8 heteroatoms. The summed E-state index contributed by atoms with van der Waals surface area (Å²) < 4.78 is 1.80. The number of aromatic nitrogens is 3. The highest BCUT2D eigenvalue weighted by atomic mass is 32.2. The summed E-state index contributed by atoms with van der Waals surface area (Å²) in [6, 6.07) is 14.5. The summed E-state index contributed by atoms with van der Waals surface area (Å²) in [6.45, 7) is 5.90. The van der Waals surface area contributed by atoms with Crippen molar-refractivity contribution in [2.75, 3.05) is 11.1 Å². The molecule has 0 spiro atoms. The Balaban J connectivity index is 1.57. The summed E-state index contributed by atoms with van der Waals surface area (Å²) in [7, 11) is 1.82. The highest BCUT2D eigenvalue weighted by Gasteiger charge is 2.19. The van der Waals surface area contributed by atoms with Crippen molar-refractivity contribution in [2.24, 2.45) is 7.05 Å². The SMILES string of the molecule is Cc1ccc(NC(=O)CSc2nnc([C@H](C)NC(=O)c3ccccc3)n2C)cc1C. The molecule has 3 rings (SSSR count). The molecule has 2 aromatic carbocycles. The number of rotatable bonds is 7. The Morgan fingerprint density at radius 2 is 1.80 bits per heavy atom. The lowest BCUT2D eigenvalue weighted by molar-refractivity contribution is -0.113. The Morgan fingerprint density at radius 1 is 1.07 bits per heavy atom. The van der Waals surface area contributed by atoms with Crippen LogP contribution in [0.1, 0.15) is 40.3 Å². The average molecular weight is 424 g/mol. The molecule has 0 aliphatic rings. The van der Waals surface area contributed by atoms with E-state index in [9.17, 15) is 9.59 Å². The predicted octanol–water partition coefficient (Wildman–Crippen LogP) is 3.65. The minimum atomic E-state index is -0.325. The molecular weight excluding hydrogens is 398 g/mol. The van der Waals surface area contributed by atoms with Crippen LogP contribution in [-0.2, 0) is 11.8 Å². The van der Waals surface area contributed by atoms with Gasteiger partial charge in [-0.1, -0.05) is 36.0 Å². The normalized spacial score (nSPS) is 11.7. The van der Waals surface area contributed by atoms with Crippen molar-refractivity contribution < 1.29 is 9.59 Å². The van der Waals surface area contributed by atoms with Crippen LogP contribution in [0, 0.1) is 13.8 Å². The second-order valence-corrected chi connectivity index (χ2v) is 8.04. The summed E-state index contributed by atoms with van der Waals surface area (Å²) in [5.41, 5.74) is 3.68. The van der Waals surface area contributed by atoms with E-state index < -0.39 is 0 Å². The summed E-state index contributed by atoms with van der Waals surface area (Å²) in [5, 5.41) is 14.8. The molecule has 30 heavy (non-hydrogen) atoms. The number of hydrogen-bond donors (Lipinski definition) is 2. The summed E-state index contributed by atoms with van der Waals surface area (Å²) in [6.07, 6.45) is 0. The van der Waals surface area contributed by atoms with Gasteiger partial charge in [-0.3, -0.25) is 9.59 Å². The van der Waals surface area contributed by atoms with Gasteiger partial charge >= 0.3 is 0 Å². The van der Waals surface area contributed by atoms with E-state index in [2.05, 4.69) is 20.8 Å². The summed E-state index contributed by atoms with van der Waals surface area (Å²) in [4.78, 5) is 24.6. The molecule has 0 saturated heterocycles. The second kappa shape index (κ2) is 9.58.